The number of carbonyl (C=O) groups excluding carboxylic acids is 1. The second-order valence-electron chi connectivity index (χ2n) is 10.1. The van der Waals surface area contributed by atoms with E-state index in [2.05, 4.69) is 20.5 Å². The van der Waals surface area contributed by atoms with Gasteiger partial charge in [-0.1, -0.05) is 0 Å². The summed E-state index contributed by atoms with van der Waals surface area (Å²) in [5, 5.41) is 5.89. The molecule has 0 spiro atoms. The van der Waals surface area contributed by atoms with E-state index >= 15 is 0 Å². The lowest BCUT2D eigenvalue weighted by molar-refractivity contribution is -0.141. The first-order chi connectivity index (χ1) is 17.3. The van der Waals surface area contributed by atoms with E-state index in [1.54, 1.807) is 0 Å². The molecular formula is C25H30F5N5O2. The van der Waals surface area contributed by atoms with Gasteiger partial charge in [0.25, 0.3) is 17.9 Å². The predicted octanol–water partition coefficient (Wildman–Crippen LogP) is 4.32. The fraction of sp³-hybridized carbons (Fsp3) is 0.560. The zero-order valence-electron chi connectivity index (χ0n) is 20.8. The number of rotatable bonds is 7. The Morgan fingerprint density at radius 2 is 1.81 bits per heavy atom. The van der Waals surface area contributed by atoms with Crippen LogP contribution in [0, 0.1) is 6.92 Å². The van der Waals surface area contributed by atoms with Gasteiger partial charge in [0.05, 0.1) is 17.3 Å². The summed E-state index contributed by atoms with van der Waals surface area (Å²) >= 11 is 0. The van der Waals surface area contributed by atoms with Crippen LogP contribution >= 0.6 is 0 Å². The summed E-state index contributed by atoms with van der Waals surface area (Å²) in [7, 11) is 1.99. The van der Waals surface area contributed by atoms with Crippen molar-refractivity contribution in [2.24, 2.45) is 0 Å². The van der Waals surface area contributed by atoms with Gasteiger partial charge in [-0.2, -0.15) is 13.2 Å². The Kier molecular flexibility index (Phi) is 7.33. The van der Waals surface area contributed by atoms with Crippen LogP contribution in [0.2, 0.25) is 0 Å². The van der Waals surface area contributed by atoms with Crippen LogP contribution in [-0.2, 0) is 11.7 Å². The van der Waals surface area contributed by atoms with Crippen LogP contribution in [0.3, 0.4) is 0 Å². The van der Waals surface area contributed by atoms with Gasteiger partial charge in [-0.25, -0.2) is 13.8 Å². The first-order valence-electron chi connectivity index (χ1n) is 12.2. The van der Waals surface area contributed by atoms with Gasteiger partial charge < -0.3 is 20.1 Å². The van der Waals surface area contributed by atoms with Gasteiger partial charge in [0, 0.05) is 24.0 Å². The number of hydrogen-bond acceptors (Lipinski definition) is 5. The fourth-order valence-electron chi connectivity index (χ4n) is 4.69. The van der Waals surface area contributed by atoms with Crippen LogP contribution in [0.5, 0.6) is 0 Å². The minimum Gasteiger partial charge on any atom is -0.381 e. The molecule has 1 saturated carbocycles. The van der Waals surface area contributed by atoms with E-state index in [1.807, 2.05) is 7.05 Å². The van der Waals surface area contributed by atoms with Gasteiger partial charge >= 0.3 is 6.18 Å². The van der Waals surface area contributed by atoms with Crippen LogP contribution in [0.15, 0.2) is 29.2 Å². The van der Waals surface area contributed by atoms with Crippen molar-refractivity contribution in [1.29, 1.82) is 0 Å². The fourth-order valence-corrected chi connectivity index (χ4v) is 4.69. The lowest BCUT2D eigenvalue weighted by Gasteiger charge is -2.31. The Hall–Kier alpha value is -3.02. The number of hydrogen-bond donors (Lipinski definition) is 2. The quantitative estimate of drug-likeness (QED) is 0.525. The Labute approximate surface area is 211 Å². The van der Waals surface area contributed by atoms with Crippen molar-refractivity contribution in [3.8, 4) is 0 Å². The first kappa shape index (κ1) is 27.0. The smallest absolute Gasteiger partial charge is 0.381 e. The highest BCUT2D eigenvalue weighted by Crippen LogP contribution is 2.48. The third-order valence-corrected chi connectivity index (χ3v) is 7.14. The summed E-state index contributed by atoms with van der Waals surface area (Å²) in [5.41, 5.74) is -2.83. The van der Waals surface area contributed by atoms with Crippen molar-refractivity contribution in [3.05, 3.63) is 57.3 Å². The molecule has 1 atom stereocenters. The summed E-state index contributed by atoms with van der Waals surface area (Å²) in [6, 6.07) is 2.59. The molecule has 1 amide bonds. The highest BCUT2D eigenvalue weighted by Gasteiger charge is 2.53. The van der Waals surface area contributed by atoms with Gasteiger partial charge in [0.1, 0.15) is 11.2 Å². The number of pyridine rings is 2. The molecule has 3 heterocycles. The van der Waals surface area contributed by atoms with E-state index in [0.717, 1.165) is 42.8 Å². The van der Waals surface area contributed by atoms with Crippen molar-refractivity contribution < 1.29 is 26.7 Å². The van der Waals surface area contributed by atoms with Crippen LogP contribution < -0.4 is 16.2 Å². The molecule has 0 aromatic carbocycles. The van der Waals surface area contributed by atoms with Crippen molar-refractivity contribution in [2.75, 3.05) is 25.5 Å². The highest BCUT2D eigenvalue weighted by molar-refractivity contribution is 5.99. The lowest BCUT2D eigenvalue weighted by atomic mass is 10.0. The number of aryl methyl sites for hydroxylation is 1. The maximum atomic E-state index is 13.8. The third kappa shape index (κ3) is 5.78. The molecule has 1 aliphatic heterocycles. The Bertz CT molecular complexity index is 1220. The second-order valence-corrected chi connectivity index (χ2v) is 10.1. The van der Waals surface area contributed by atoms with E-state index in [-0.39, 0.29) is 41.4 Å². The van der Waals surface area contributed by atoms with Crippen LogP contribution in [0.4, 0.5) is 27.6 Å². The van der Waals surface area contributed by atoms with E-state index < -0.39 is 41.3 Å². The molecule has 4 rings (SSSR count). The molecule has 2 aromatic heterocycles. The third-order valence-electron chi connectivity index (χ3n) is 7.14. The number of nitrogens with zero attached hydrogens (tertiary/aromatic N) is 3. The molecule has 2 aromatic rings. The molecule has 2 aliphatic rings. The van der Waals surface area contributed by atoms with E-state index in [1.165, 1.54) is 26.0 Å². The SMILES string of the molecule is Cc1cc([C@@H](C)NC(=O)c2cn(C3(C(F)F)CC3)c(=O)cc2NC2CCN(C)CC2)cc(C(F)(F)F)n1. The molecule has 1 aliphatic carbocycles. The van der Waals surface area contributed by atoms with Gasteiger partial charge in [0.15, 0.2) is 0 Å². The zero-order valence-corrected chi connectivity index (χ0v) is 20.8. The number of piperidine rings is 1. The lowest BCUT2D eigenvalue weighted by Crippen LogP contribution is -2.40. The number of nitrogens with one attached hydrogen (secondary N) is 2. The molecule has 0 unspecified atom stereocenters. The van der Waals surface area contributed by atoms with Crippen molar-refractivity contribution in [3.63, 3.8) is 0 Å². The van der Waals surface area contributed by atoms with Gasteiger partial charge in [-0.3, -0.25) is 9.59 Å². The average Bonchev–Trinajstić information content (AvgIpc) is 3.61. The Morgan fingerprint density at radius 3 is 2.38 bits per heavy atom. The summed E-state index contributed by atoms with van der Waals surface area (Å²) in [5.74, 6) is -0.690. The molecule has 1 saturated heterocycles. The highest BCUT2D eigenvalue weighted by atomic mass is 19.4. The van der Waals surface area contributed by atoms with Crippen molar-refractivity contribution in [1.82, 2.24) is 19.8 Å². The predicted molar refractivity (Wildman–Crippen MR) is 128 cm³/mol. The summed E-state index contributed by atoms with van der Waals surface area (Å²) in [4.78, 5) is 31.9. The summed E-state index contributed by atoms with van der Waals surface area (Å²) in [6.07, 6.45) is -4.55. The minimum atomic E-state index is -4.65. The monoisotopic (exact) mass is 527 g/mol. The number of alkyl halides is 5. The first-order valence-corrected chi connectivity index (χ1v) is 12.2. The number of halogens is 5. The Morgan fingerprint density at radius 1 is 1.16 bits per heavy atom. The van der Waals surface area contributed by atoms with Crippen LogP contribution in [-0.4, -0.2) is 53.0 Å². The number of carbonyl (C=O) groups is 1. The van der Waals surface area contributed by atoms with Gasteiger partial charge in [-0.15, -0.1) is 0 Å². The maximum Gasteiger partial charge on any atom is 0.433 e. The van der Waals surface area contributed by atoms with E-state index in [4.69, 9.17) is 0 Å². The van der Waals surface area contributed by atoms with Crippen LogP contribution in [0.1, 0.15) is 66.0 Å². The molecule has 2 fully saturated rings. The normalized spacial score (nSPS) is 19.1. The maximum absolute atomic E-state index is 13.8. The van der Waals surface area contributed by atoms with E-state index in [0.29, 0.717) is 0 Å². The molecular weight excluding hydrogens is 497 g/mol. The average molecular weight is 528 g/mol. The topological polar surface area (TPSA) is 79.3 Å². The van der Waals surface area contributed by atoms with Crippen LogP contribution in [0.25, 0.3) is 0 Å². The number of anilines is 1. The number of likely N-dealkylation sites (tertiary alicyclic amines) is 1. The van der Waals surface area contributed by atoms with Gasteiger partial charge in [0.2, 0.25) is 0 Å². The molecule has 12 heteroatoms. The number of aromatic nitrogens is 2. The second kappa shape index (κ2) is 10.0. The molecule has 2 N–H and O–H groups in total. The summed E-state index contributed by atoms with van der Waals surface area (Å²) < 4.78 is 68.3. The van der Waals surface area contributed by atoms with Gasteiger partial charge in [-0.05, 0) is 77.4 Å². The van der Waals surface area contributed by atoms with E-state index in [9.17, 15) is 31.5 Å². The Balaban J connectivity index is 1.66. The van der Waals surface area contributed by atoms with Crippen molar-refractivity contribution >= 4 is 11.6 Å². The largest absolute Gasteiger partial charge is 0.433 e. The minimum absolute atomic E-state index is 0.0147. The number of amides is 1. The standard InChI is InChI=1S/C25H30F5N5O2/c1-14-10-16(11-20(31-14)25(28,29)30)15(2)32-22(37)18-13-35(24(6-7-24)23(26)27)21(36)12-19(18)33-17-4-8-34(3)9-5-17/h10-13,15,17,23,33H,4-9H2,1-3H3,(H,32,37)/t15-/m1/s1. The van der Waals surface area contributed by atoms with Crippen molar-refractivity contribution in [2.45, 2.75) is 69.8 Å². The zero-order chi connectivity index (χ0) is 27.1. The molecule has 202 valence electrons. The summed E-state index contributed by atoms with van der Waals surface area (Å²) in [6.45, 7) is 4.57. The molecule has 0 radical (unpaired) electrons. The molecule has 37 heavy (non-hydrogen) atoms. The molecule has 0 bridgehead atoms. The molecule has 7 nitrogen and oxygen atoms in total.